The Kier molecular flexibility index (Phi) is 11.9. The first kappa shape index (κ1) is 39.8. The van der Waals surface area contributed by atoms with Crippen molar-refractivity contribution in [3.8, 4) is 23.5 Å². The summed E-state index contributed by atoms with van der Waals surface area (Å²) in [5.41, 5.74) is 1.09. The third-order valence-electron chi connectivity index (χ3n) is 9.46. The minimum atomic E-state index is -3.32. The summed E-state index contributed by atoms with van der Waals surface area (Å²) in [5.74, 6) is 3.46. The monoisotopic (exact) mass is 860 g/mol. The Morgan fingerprint density at radius 3 is 1.80 bits per heavy atom. The van der Waals surface area contributed by atoms with E-state index in [1.807, 2.05) is 27.7 Å². The van der Waals surface area contributed by atoms with Gasteiger partial charge in [0.1, 0.15) is 16.5 Å². The lowest BCUT2D eigenvalue weighted by atomic mass is 9.82. The highest BCUT2D eigenvalue weighted by Gasteiger charge is 2.43. The van der Waals surface area contributed by atoms with E-state index in [2.05, 4.69) is 48.3 Å². The predicted octanol–water partition coefficient (Wildman–Crippen LogP) is 7.34. The van der Waals surface area contributed by atoms with Crippen molar-refractivity contribution in [1.29, 1.82) is 0 Å². The topological polar surface area (TPSA) is 164 Å². The van der Waals surface area contributed by atoms with Gasteiger partial charge in [-0.25, -0.2) is 26.2 Å². The number of piperidine rings is 1. The fourth-order valence-electron chi connectivity index (χ4n) is 6.84. The average molecular weight is 862 g/mol. The van der Waals surface area contributed by atoms with Crippen LogP contribution in [0.25, 0.3) is 0 Å². The molecule has 0 spiro atoms. The number of hydrogen-bond donors (Lipinski definition) is 0. The average Bonchev–Trinajstić information content (AvgIpc) is 3.86. The molecule has 0 N–H and O–H groups in total. The van der Waals surface area contributed by atoms with Gasteiger partial charge < -0.3 is 14.4 Å². The van der Waals surface area contributed by atoms with E-state index in [1.165, 1.54) is 42.3 Å². The van der Waals surface area contributed by atoms with Crippen molar-refractivity contribution in [3.05, 3.63) is 70.8 Å². The molecule has 1 aliphatic heterocycles. The normalized spacial score (nSPS) is 18.6. The zero-order valence-corrected chi connectivity index (χ0v) is 35.3. The number of aromatic nitrogens is 7. The molecule has 54 heavy (non-hydrogen) atoms. The molecule has 3 atom stereocenters. The van der Waals surface area contributed by atoms with Crippen molar-refractivity contribution < 1.29 is 26.3 Å². The Bertz CT molecular complexity index is 2310. The third kappa shape index (κ3) is 9.49. The van der Waals surface area contributed by atoms with E-state index >= 15 is 0 Å². The second-order valence-corrected chi connectivity index (χ2v) is 19.9. The van der Waals surface area contributed by atoms with Gasteiger partial charge in [0.25, 0.3) is 0 Å². The SMILES string of the molecule is CC(C)n1nc(Br)nc1Oc1cccc(S(C)(=O)=O)c1.Cc1cc(N2C[C@H]3CC[C@@H](C2)C3Cc2nc(Oc3cccc(S(C)(=O)=O)c3)n(C(C)C)n2)sn1. The van der Waals surface area contributed by atoms with Crippen molar-refractivity contribution in [2.75, 3.05) is 30.5 Å². The number of benzene rings is 2. The van der Waals surface area contributed by atoms with Gasteiger partial charge in [-0.05, 0) is 135 Å². The maximum atomic E-state index is 11.9. The smallest absolute Gasteiger partial charge is 0.321 e. The second kappa shape index (κ2) is 16.1. The van der Waals surface area contributed by atoms with E-state index in [1.54, 1.807) is 51.2 Å². The van der Waals surface area contributed by atoms with Gasteiger partial charge in [0.2, 0.25) is 4.73 Å². The Balaban J connectivity index is 0.000000212. The van der Waals surface area contributed by atoms with Gasteiger partial charge in [-0.15, -0.1) is 5.10 Å². The van der Waals surface area contributed by atoms with Crippen LogP contribution < -0.4 is 14.4 Å². The summed E-state index contributed by atoms with van der Waals surface area (Å²) in [7, 11) is -6.59. The zero-order valence-electron chi connectivity index (χ0n) is 31.2. The quantitative estimate of drug-likeness (QED) is 0.130. The van der Waals surface area contributed by atoms with Gasteiger partial charge >= 0.3 is 12.0 Å². The molecule has 290 valence electrons. The van der Waals surface area contributed by atoms with Crippen molar-refractivity contribution >= 4 is 52.1 Å². The van der Waals surface area contributed by atoms with E-state index in [0.29, 0.717) is 46.0 Å². The van der Waals surface area contributed by atoms with E-state index in [4.69, 9.17) is 19.6 Å². The molecule has 2 bridgehead atoms. The standard InChI is InChI=1S/C24H31N5O3S2.C12H14BrN3O3S/c1-15(2)29-24(32-19-6-5-7-20(11-19)34(4,30)31)25-22(26-29)12-21-17-8-9-18(21)14-28(13-17)23-10-16(3)27-33-23;1-8(2)16-12(14-11(13)15-16)19-9-5-4-6-10(7-9)20(3,17)18/h5-7,10-11,15,17-18,21H,8-9,12-14H2,1-4H3;4-8H,1-3H3/t17-,18+,21?;. The molecule has 2 aromatic carbocycles. The number of rotatable bonds is 11. The van der Waals surface area contributed by atoms with Crippen LogP contribution in [0.5, 0.6) is 23.5 Å². The van der Waals surface area contributed by atoms with E-state index < -0.39 is 19.7 Å². The molecule has 14 nitrogen and oxygen atoms in total. The first-order chi connectivity index (χ1) is 25.4. The fraction of sp³-hybridized carbons (Fsp3) is 0.472. The van der Waals surface area contributed by atoms with Gasteiger partial charge in [0.05, 0.1) is 27.6 Å². The molecule has 1 saturated carbocycles. The molecule has 7 rings (SSSR count). The Labute approximate surface area is 329 Å². The number of sulfone groups is 2. The fourth-order valence-corrected chi connectivity index (χ4v) is 9.25. The summed E-state index contributed by atoms with van der Waals surface area (Å²) in [6.45, 7) is 12.1. The first-order valence-corrected chi connectivity index (χ1v) is 23.0. The molecule has 1 aliphatic carbocycles. The van der Waals surface area contributed by atoms with Crippen molar-refractivity contribution in [2.45, 2.75) is 75.8 Å². The molecular formula is C36H45BrN8O6S3. The van der Waals surface area contributed by atoms with E-state index in [-0.39, 0.29) is 21.9 Å². The third-order valence-corrected chi connectivity index (χ3v) is 13.0. The molecule has 0 radical (unpaired) electrons. The summed E-state index contributed by atoms with van der Waals surface area (Å²) >= 11 is 4.79. The highest BCUT2D eigenvalue weighted by atomic mass is 79.9. The summed E-state index contributed by atoms with van der Waals surface area (Å²) in [5, 5.41) is 10.2. The van der Waals surface area contributed by atoms with Gasteiger partial charge in [0, 0.05) is 32.0 Å². The van der Waals surface area contributed by atoms with Crippen LogP contribution in [0.3, 0.4) is 0 Å². The van der Waals surface area contributed by atoms with Gasteiger partial charge in [0.15, 0.2) is 25.5 Å². The molecule has 2 aliphatic rings. The highest BCUT2D eigenvalue weighted by molar-refractivity contribution is 9.10. The molecule has 2 fully saturated rings. The van der Waals surface area contributed by atoms with Crippen LogP contribution in [-0.4, -0.2) is 76.3 Å². The largest absolute Gasteiger partial charge is 0.424 e. The highest BCUT2D eigenvalue weighted by Crippen LogP contribution is 2.45. The number of hydrogen-bond acceptors (Lipinski definition) is 13. The molecule has 0 amide bonds. The van der Waals surface area contributed by atoms with Crippen LogP contribution in [0.4, 0.5) is 5.00 Å². The lowest BCUT2D eigenvalue weighted by molar-refractivity contribution is 0.266. The van der Waals surface area contributed by atoms with Gasteiger partial charge in [-0.2, -0.15) is 19.4 Å². The summed E-state index contributed by atoms with van der Waals surface area (Å²) < 4.78 is 66.8. The van der Waals surface area contributed by atoms with Gasteiger partial charge in [-0.3, -0.25) is 0 Å². The molecule has 4 heterocycles. The molecule has 18 heteroatoms. The van der Waals surface area contributed by atoms with Crippen molar-refractivity contribution in [1.82, 2.24) is 33.9 Å². The minimum absolute atomic E-state index is 0.0712. The van der Waals surface area contributed by atoms with E-state index in [0.717, 1.165) is 37.3 Å². The maximum Gasteiger partial charge on any atom is 0.321 e. The molecule has 3 aromatic heterocycles. The minimum Gasteiger partial charge on any atom is -0.424 e. The van der Waals surface area contributed by atoms with Crippen LogP contribution in [0.1, 0.15) is 64.1 Å². The predicted molar refractivity (Wildman–Crippen MR) is 210 cm³/mol. The van der Waals surface area contributed by atoms with Crippen LogP contribution in [0, 0.1) is 24.7 Å². The molecule has 1 unspecified atom stereocenters. The number of fused-ring (bicyclic) bond motifs is 2. The van der Waals surface area contributed by atoms with Crippen LogP contribution in [0.15, 0.2) is 69.1 Å². The van der Waals surface area contributed by atoms with Gasteiger partial charge in [-0.1, -0.05) is 12.1 Å². The Morgan fingerprint density at radius 1 is 0.796 bits per heavy atom. The van der Waals surface area contributed by atoms with Crippen LogP contribution in [-0.2, 0) is 26.1 Å². The van der Waals surface area contributed by atoms with Crippen LogP contribution in [0.2, 0.25) is 0 Å². The zero-order chi connectivity index (χ0) is 38.9. The molecular weight excluding hydrogens is 817 g/mol. The first-order valence-electron chi connectivity index (χ1n) is 17.7. The number of nitrogens with zero attached hydrogens (tertiary/aromatic N) is 8. The van der Waals surface area contributed by atoms with E-state index in [9.17, 15) is 16.8 Å². The summed E-state index contributed by atoms with van der Waals surface area (Å²) in [6.07, 6.45) is 5.67. The summed E-state index contributed by atoms with van der Waals surface area (Å²) in [6, 6.07) is 15.8. The maximum absolute atomic E-state index is 11.9. The Hall–Kier alpha value is -3.87. The lowest BCUT2D eigenvalue weighted by Gasteiger charge is -2.38. The number of anilines is 1. The summed E-state index contributed by atoms with van der Waals surface area (Å²) in [4.78, 5) is 11.8. The Morgan fingerprint density at radius 2 is 1.31 bits per heavy atom. The van der Waals surface area contributed by atoms with Crippen molar-refractivity contribution in [2.24, 2.45) is 17.8 Å². The second-order valence-electron chi connectivity index (χ2n) is 14.4. The number of aryl methyl sites for hydroxylation is 1. The number of ether oxygens (including phenoxy) is 2. The lowest BCUT2D eigenvalue weighted by Crippen LogP contribution is -2.42. The molecule has 5 aromatic rings. The molecule has 1 saturated heterocycles. The van der Waals surface area contributed by atoms with Crippen molar-refractivity contribution in [3.63, 3.8) is 0 Å². The van der Waals surface area contributed by atoms with Crippen LogP contribution >= 0.6 is 27.5 Å². The number of halogens is 1.